The molecule has 1 aliphatic rings. The predicted molar refractivity (Wildman–Crippen MR) is 54.1 cm³/mol. The molecule has 0 bridgehead atoms. The van der Waals surface area contributed by atoms with Gasteiger partial charge < -0.3 is 9.80 Å². The second-order valence-corrected chi connectivity index (χ2v) is 3.63. The summed E-state index contributed by atoms with van der Waals surface area (Å²) in [7, 11) is 0. The van der Waals surface area contributed by atoms with Crippen LogP contribution in [0.4, 0.5) is 0 Å². The van der Waals surface area contributed by atoms with E-state index in [1.54, 1.807) is 0 Å². The molecule has 0 aliphatic carbocycles. The Kier molecular flexibility index (Phi) is 3.82. The summed E-state index contributed by atoms with van der Waals surface area (Å²) < 4.78 is 0. The van der Waals surface area contributed by atoms with Crippen molar-refractivity contribution in [3.8, 4) is 0 Å². The first kappa shape index (κ1) is 11.7. The van der Waals surface area contributed by atoms with E-state index in [2.05, 4.69) is 0 Å². The summed E-state index contributed by atoms with van der Waals surface area (Å²) in [6, 6.07) is 0. The lowest BCUT2D eigenvalue weighted by Crippen LogP contribution is -2.54. The molecule has 0 atom stereocenters. The van der Waals surface area contributed by atoms with Gasteiger partial charge in [-0.2, -0.15) is 0 Å². The topological polar surface area (TPSA) is 57.7 Å². The summed E-state index contributed by atoms with van der Waals surface area (Å²) in [6.45, 7) is 5.35. The van der Waals surface area contributed by atoms with Crippen molar-refractivity contribution in [1.82, 2.24) is 9.80 Å². The molecule has 5 heteroatoms. The van der Waals surface area contributed by atoms with E-state index in [1.807, 2.05) is 6.92 Å². The average Bonchev–Trinajstić information content (AvgIpc) is 2.20. The fourth-order valence-electron chi connectivity index (χ4n) is 1.52. The molecular formula is C10H16N2O3. The van der Waals surface area contributed by atoms with Gasteiger partial charge in [0.1, 0.15) is 5.78 Å². The lowest BCUT2D eigenvalue weighted by Gasteiger charge is -2.32. The largest absolute Gasteiger partial charge is 0.333 e. The van der Waals surface area contributed by atoms with Gasteiger partial charge in [0, 0.05) is 32.6 Å². The van der Waals surface area contributed by atoms with Gasteiger partial charge in [-0.25, -0.2) is 0 Å². The third kappa shape index (κ3) is 2.78. The smallest absolute Gasteiger partial charge is 0.312 e. The lowest BCUT2D eigenvalue weighted by molar-refractivity contribution is -0.156. The molecule has 0 N–H and O–H groups in total. The van der Waals surface area contributed by atoms with Crippen LogP contribution in [0, 0.1) is 0 Å². The molecule has 84 valence electrons. The molecule has 0 aromatic carbocycles. The Labute approximate surface area is 89.0 Å². The Bertz CT molecular complexity index is 288. The van der Waals surface area contributed by atoms with Crippen LogP contribution in [0.25, 0.3) is 0 Å². The number of carbonyl (C=O) groups excluding carboxylic acids is 3. The predicted octanol–water partition coefficient (Wildman–Crippen LogP) is -0.344. The summed E-state index contributed by atoms with van der Waals surface area (Å²) in [5, 5.41) is 0. The van der Waals surface area contributed by atoms with E-state index >= 15 is 0 Å². The number of nitrogens with zero attached hydrogens (tertiary/aromatic N) is 2. The number of carbonyl (C=O) groups is 3. The van der Waals surface area contributed by atoms with Crippen LogP contribution >= 0.6 is 0 Å². The number of ketones is 1. The molecular weight excluding hydrogens is 196 g/mol. The highest BCUT2D eigenvalue weighted by Crippen LogP contribution is 2.05. The maximum Gasteiger partial charge on any atom is 0.312 e. The molecule has 0 spiro atoms. The van der Waals surface area contributed by atoms with Gasteiger partial charge in [0.15, 0.2) is 0 Å². The molecule has 0 aromatic rings. The van der Waals surface area contributed by atoms with Crippen LogP contribution in [-0.2, 0) is 14.4 Å². The van der Waals surface area contributed by atoms with E-state index in [1.165, 1.54) is 16.7 Å². The van der Waals surface area contributed by atoms with Crippen LogP contribution in [-0.4, -0.2) is 53.6 Å². The molecule has 1 fully saturated rings. The normalized spacial score (nSPS) is 17.2. The van der Waals surface area contributed by atoms with Crippen molar-refractivity contribution in [2.24, 2.45) is 0 Å². The number of likely N-dealkylation sites (N-methyl/N-ethyl adjacent to an activating group) is 1. The standard InChI is InChI=1S/C10H16N2O3/c1-3-11-6-7-12(5-4-8(2)13)10(15)9(11)14/h3-7H2,1-2H3. The van der Waals surface area contributed by atoms with E-state index in [0.717, 1.165) is 0 Å². The Balaban J connectivity index is 2.53. The van der Waals surface area contributed by atoms with Gasteiger partial charge in [0.25, 0.3) is 0 Å². The first-order valence-corrected chi connectivity index (χ1v) is 5.14. The van der Waals surface area contributed by atoms with Crippen LogP contribution in [0.2, 0.25) is 0 Å². The Morgan fingerprint density at radius 1 is 1.20 bits per heavy atom. The van der Waals surface area contributed by atoms with E-state index in [9.17, 15) is 14.4 Å². The first-order chi connectivity index (χ1) is 7.06. The van der Waals surface area contributed by atoms with Crippen molar-refractivity contribution in [2.45, 2.75) is 20.3 Å². The van der Waals surface area contributed by atoms with Gasteiger partial charge in [-0.05, 0) is 13.8 Å². The van der Waals surface area contributed by atoms with Crippen molar-refractivity contribution in [3.63, 3.8) is 0 Å². The zero-order valence-corrected chi connectivity index (χ0v) is 9.15. The minimum Gasteiger partial charge on any atom is -0.333 e. The van der Waals surface area contributed by atoms with Gasteiger partial charge >= 0.3 is 11.8 Å². The molecule has 15 heavy (non-hydrogen) atoms. The minimum atomic E-state index is -0.482. The molecule has 2 amide bonds. The van der Waals surface area contributed by atoms with Gasteiger partial charge in [-0.1, -0.05) is 0 Å². The van der Waals surface area contributed by atoms with Crippen LogP contribution in [0.3, 0.4) is 0 Å². The zero-order valence-electron chi connectivity index (χ0n) is 9.15. The Hall–Kier alpha value is -1.39. The van der Waals surface area contributed by atoms with Crippen molar-refractivity contribution in [1.29, 1.82) is 0 Å². The molecule has 1 aliphatic heterocycles. The lowest BCUT2D eigenvalue weighted by atomic mass is 10.2. The maximum absolute atomic E-state index is 11.5. The van der Waals surface area contributed by atoms with Crippen LogP contribution in [0.15, 0.2) is 0 Å². The quantitative estimate of drug-likeness (QED) is 0.599. The van der Waals surface area contributed by atoms with Gasteiger partial charge in [0.2, 0.25) is 0 Å². The minimum absolute atomic E-state index is 0.0353. The van der Waals surface area contributed by atoms with Crippen LogP contribution in [0.5, 0.6) is 0 Å². The number of Topliss-reactive ketones (excluding diaryl/α,β-unsaturated/α-hetero) is 1. The van der Waals surface area contributed by atoms with Gasteiger partial charge in [-0.15, -0.1) is 0 Å². The Morgan fingerprint density at radius 3 is 2.27 bits per heavy atom. The molecule has 5 nitrogen and oxygen atoms in total. The molecule has 1 rings (SSSR count). The highest BCUT2D eigenvalue weighted by atomic mass is 16.2. The van der Waals surface area contributed by atoms with E-state index in [0.29, 0.717) is 32.6 Å². The molecule has 0 radical (unpaired) electrons. The maximum atomic E-state index is 11.5. The van der Waals surface area contributed by atoms with Crippen molar-refractivity contribution >= 4 is 17.6 Å². The monoisotopic (exact) mass is 212 g/mol. The summed E-state index contributed by atoms with van der Waals surface area (Å²) in [4.78, 5) is 36.7. The fourth-order valence-corrected chi connectivity index (χ4v) is 1.52. The van der Waals surface area contributed by atoms with Crippen molar-refractivity contribution < 1.29 is 14.4 Å². The van der Waals surface area contributed by atoms with Gasteiger partial charge in [-0.3, -0.25) is 14.4 Å². The number of piperazine rings is 1. The number of hydrogen-bond acceptors (Lipinski definition) is 3. The summed E-state index contributed by atoms with van der Waals surface area (Å²) in [6.07, 6.45) is 0.325. The second-order valence-electron chi connectivity index (χ2n) is 3.63. The van der Waals surface area contributed by atoms with E-state index < -0.39 is 11.8 Å². The molecule has 1 saturated heterocycles. The zero-order chi connectivity index (χ0) is 11.4. The number of hydrogen-bond donors (Lipinski definition) is 0. The molecule has 0 aromatic heterocycles. The van der Waals surface area contributed by atoms with E-state index in [-0.39, 0.29) is 5.78 Å². The highest BCUT2D eigenvalue weighted by molar-refractivity contribution is 6.35. The second kappa shape index (κ2) is 4.91. The number of rotatable bonds is 4. The highest BCUT2D eigenvalue weighted by Gasteiger charge is 2.31. The number of amides is 2. The Morgan fingerprint density at radius 2 is 1.73 bits per heavy atom. The van der Waals surface area contributed by atoms with Gasteiger partial charge in [0.05, 0.1) is 0 Å². The van der Waals surface area contributed by atoms with Crippen LogP contribution in [0.1, 0.15) is 20.3 Å². The van der Waals surface area contributed by atoms with Crippen LogP contribution < -0.4 is 0 Å². The molecule has 0 saturated carbocycles. The van der Waals surface area contributed by atoms with E-state index in [4.69, 9.17) is 0 Å². The SMILES string of the molecule is CCN1CCN(CCC(C)=O)C(=O)C1=O. The third-order valence-electron chi connectivity index (χ3n) is 2.51. The molecule has 1 heterocycles. The fraction of sp³-hybridized carbons (Fsp3) is 0.700. The summed E-state index contributed by atoms with van der Waals surface area (Å²) in [5.74, 6) is -0.898. The summed E-state index contributed by atoms with van der Waals surface area (Å²) >= 11 is 0. The third-order valence-corrected chi connectivity index (χ3v) is 2.51. The first-order valence-electron chi connectivity index (χ1n) is 5.14. The molecule has 0 unspecified atom stereocenters. The summed E-state index contributed by atoms with van der Waals surface area (Å²) in [5.41, 5.74) is 0. The van der Waals surface area contributed by atoms with Crippen molar-refractivity contribution in [2.75, 3.05) is 26.2 Å². The van der Waals surface area contributed by atoms with Crippen molar-refractivity contribution in [3.05, 3.63) is 0 Å². The average molecular weight is 212 g/mol.